The Kier molecular flexibility index (Phi) is 7.27. The van der Waals surface area contributed by atoms with Gasteiger partial charge in [-0.3, -0.25) is 9.80 Å². The van der Waals surface area contributed by atoms with Crippen molar-refractivity contribution in [2.75, 3.05) is 27.2 Å². The van der Waals surface area contributed by atoms with Crippen LogP contribution in [0.5, 0.6) is 0 Å². The molecule has 0 fully saturated rings. The van der Waals surface area contributed by atoms with E-state index in [4.69, 9.17) is 0 Å². The highest BCUT2D eigenvalue weighted by molar-refractivity contribution is 5.58. The second-order valence-electron chi connectivity index (χ2n) is 8.08. The summed E-state index contributed by atoms with van der Waals surface area (Å²) >= 11 is 0. The Morgan fingerprint density at radius 3 is 1.47 bits per heavy atom. The van der Waals surface area contributed by atoms with Gasteiger partial charge in [0, 0.05) is 13.1 Å². The third kappa shape index (κ3) is 6.03. The standard InChI is InChI=1S/C26H30N6/c1-31(19-25-27-17-23(29-25)21-11-5-3-6-12-21)15-9-10-16-32(2)20-26-28-18-24(30-26)22-13-7-4-8-14-22/h3-14,17-18H,15-16,19-20H2,1-2H3,(H,27,29)(H,28,30)/b10-9+. The number of hydrogen-bond donors (Lipinski definition) is 2. The van der Waals surface area contributed by atoms with Gasteiger partial charge in [0.15, 0.2) is 0 Å². The van der Waals surface area contributed by atoms with Crippen LogP contribution in [-0.2, 0) is 13.1 Å². The van der Waals surface area contributed by atoms with Gasteiger partial charge in [-0.15, -0.1) is 0 Å². The zero-order valence-electron chi connectivity index (χ0n) is 18.7. The Bertz CT molecular complexity index is 1020. The highest BCUT2D eigenvalue weighted by Crippen LogP contribution is 2.17. The van der Waals surface area contributed by atoms with Crippen LogP contribution in [0.1, 0.15) is 11.6 Å². The average Bonchev–Trinajstić information content (AvgIpc) is 3.48. The third-order valence-corrected chi connectivity index (χ3v) is 5.27. The summed E-state index contributed by atoms with van der Waals surface area (Å²) in [7, 11) is 4.21. The third-order valence-electron chi connectivity index (χ3n) is 5.27. The molecule has 0 aliphatic carbocycles. The molecule has 2 heterocycles. The van der Waals surface area contributed by atoms with Gasteiger partial charge in [0.25, 0.3) is 0 Å². The number of aromatic nitrogens is 4. The minimum Gasteiger partial charge on any atom is -0.341 e. The van der Waals surface area contributed by atoms with Gasteiger partial charge in [-0.05, 0) is 25.2 Å². The fraction of sp³-hybridized carbons (Fsp3) is 0.231. The number of rotatable bonds is 10. The number of aromatic amines is 2. The average molecular weight is 427 g/mol. The molecule has 0 amide bonds. The van der Waals surface area contributed by atoms with Crippen LogP contribution < -0.4 is 0 Å². The van der Waals surface area contributed by atoms with Crippen LogP contribution in [0.3, 0.4) is 0 Å². The van der Waals surface area contributed by atoms with Crippen LogP contribution >= 0.6 is 0 Å². The fourth-order valence-electron chi connectivity index (χ4n) is 3.56. The van der Waals surface area contributed by atoms with Crippen molar-refractivity contribution in [3.8, 4) is 22.5 Å². The molecule has 32 heavy (non-hydrogen) atoms. The second-order valence-corrected chi connectivity index (χ2v) is 8.08. The molecular formula is C26H30N6. The molecule has 0 spiro atoms. The Morgan fingerprint density at radius 2 is 1.06 bits per heavy atom. The largest absolute Gasteiger partial charge is 0.341 e. The predicted molar refractivity (Wildman–Crippen MR) is 130 cm³/mol. The molecule has 4 aromatic rings. The summed E-state index contributed by atoms with van der Waals surface area (Å²) in [6, 6.07) is 20.6. The molecule has 0 atom stereocenters. The number of H-pyrrole nitrogens is 2. The van der Waals surface area contributed by atoms with Crippen LogP contribution in [0.25, 0.3) is 22.5 Å². The maximum atomic E-state index is 4.52. The van der Waals surface area contributed by atoms with E-state index < -0.39 is 0 Å². The highest BCUT2D eigenvalue weighted by atomic mass is 15.1. The van der Waals surface area contributed by atoms with Gasteiger partial charge < -0.3 is 9.97 Å². The lowest BCUT2D eigenvalue weighted by molar-refractivity contribution is 0.345. The molecular weight excluding hydrogens is 396 g/mol. The molecule has 0 bridgehead atoms. The van der Waals surface area contributed by atoms with E-state index in [0.717, 1.165) is 60.3 Å². The van der Waals surface area contributed by atoms with Gasteiger partial charge >= 0.3 is 0 Å². The quantitative estimate of drug-likeness (QED) is 0.364. The van der Waals surface area contributed by atoms with Crippen LogP contribution in [-0.4, -0.2) is 56.9 Å². The van der Waals surface area contributed by atoms with E-state index in [0.29, 0.717) is 0 Å². The highest BCUT2D eigenvalue weighted by Gasteiger charge is 2.06. The number of nitrogens with one attached hydrogen (secondary N) is 2. The maximum Gasteiger partial charge on any atom is 0.120 e. The molecule has 0 aliphatic rings. The van der Waals surface area contributed by atoms with Crippen LogP contribution in [0.15, 0.2) is 85.2 Å². The number of hydrogen-bond acceptors (Lipinski definition) is 4. The Labute approximate surface area is 189 Å². The minimum absolute atomic E-state index is 0.779. The molecule has 0 saturated heterocycles. The Balaban J connectivity index is 1.20. The monoisotopic (exact) mass is 426 g/mol. The van der Waals surface area contributed by atoms with Gasteiger partial charge in [-0.2, -0.15) is 0 Å². The first kappa shape index (κ1) is 21.7. The molecule has 2 aromatic heterocycles. The first-order chi connectivity index (χ1) is 15.7. The first-order valence-corrected chi connectivity index (χ1v) is 10.9. The van der Waals surface area contributed by atoms with E-state index >= 15 is 0 Å². The van der Waals surface area contributed by atoms with Crippen LogP contribution in [0.2, 0.25) is 0 Å². The lowest BCUT2D eigenvalue weighted by Gasteiger charge is -2.14. The van der Waals surface area contributed by atoms with E-state index in [1.165, 1.54) is 0 Å². The van der Waals surface area contributed by atoms with E-state index in [-0.39, 0.29) is 0 Å². The molecule has 0 unspecified atom stereocenters. The summed E-state index contributed by atoms with van der Waals surface area (Å²) in [5.41, 5.74) is 4.42. The van der Waals surface area contributed by atoms with Crippen molar-refractivity contribution >= 4 is 0 Å². The molecule has 164 valence electrons. The normalized spacial score (nSPS) is 11.8. The van der Waals surface area contributed by atoms with Crippen molar-refractivity contribution in [3.63, 3.8) is 0 Å². The van der Waals surface area contributed by atoms with Gasteiger partial charge in [0.1, 0.15) is 11.6 Å². The zero-order chi connectivity index (χ0) is 22.2. The van der Waals surface area contributed by atoms with Crippen molar-refractivity contribution < 1.29 is 0 Å². The molecule has 0 aliphatic heterocycles. The number of imidazole rings is 2. The SMILES string of the molecule is CN(C/C=C/CN(C)Cc1ncc(-c2ccccc2)[nH]1)Cc1ncc(-c2ccccc2)[nH]1. The smallest absolute Gasteiger partial charge is 0.120 e. The van der Waals surface area contributed by atoms with Gasteiger partial charge in [0.2, 0.25) is 0 Å². The van der Waals surface area contributed by atoms with Crippen LogP contribution in [0, 0.1) is 0 Å². The minimum atomic E-state index is 0.779. The van der Waals surface area contributed by atoms with Crippen molar-refractivity contribution in [1.82, 2.24) is 29.7 Å². The summed E-state index contributed by atoms with van der Waals surface area (Å²) in [4.78, 5) is 20.3. The number of benzene rings is 2. The number of likely N-dealkylation sites (N-methyl/N-ethyl adjacent to an activating group) is 2. The molecule has 0 radical (unpaired) electrons. The lowest BCUT2D eigenvalue weighted by Crippen LogP contribution is -2.20. The first-order valence-electron chi connectivity index (χ1n) is 10.9. The van der Waals surface area contributed by atoms with Crippen molar-refractivity contribution in [2.24, 2.45) is 0 Å². The van der Waals surface area contributed by atoms with Gasteiger partial charge in [-0.1, -0.05) is 72.8 Å². The molecule has 6 heteroatoms. The van der Waals surface area contributed by atoms with E-state index in [9.17, 15) is 0 Å². The molecule has 2 N–H and O–H groups in total. The topological polar surface area (TPSA) is 63.8 Å². The van der Waals surface area contributed by atoms with Gasteiger partial charge in [-0.25, -0.2) is 9.97 Å². The predicted octanol–water partition coefficient (Wildman–Crippen LogP) is 4.59. The van der Waals surface area contributed by atoms with Crippen molar-refractivity contribution in [1.29, 1.82) is 0 Å². The zero-order valence-corrected chi connectivity index (χ0v) is 18.7. The molecule has 6 nitrogen and oxygen atoms in total. The second kappa shape index (κ2) is 10.7. The summed E-state index contributed by atoms with van der Waals surface area (Å²) in [6.45, 7) is 3.30. The summed E-state index contributed by atoms with van der Waals surface area (Å²) in [5, 5.41) is 0. The molecule has 4 rings (SSSR count). The van der Waals surface area contributed by atoms with E-state index in [1.807, 2.05) is 48.8 Å². The Morgan fingerprint density at radius 1 is 0.656 bits per heavy atom. The van der Waals surface area contributed by atoms with Crippen molar-refractivity contribution in [2.45, 2.75) is 13.1 Å². The Hall–Kier alpha value is -3.48. The summed E-state index contributed by atoms with van der Waals surface area (Å²) in [5.74, 6) is 1.95. The summed E-state index contributed by atoms with van der Waals surface area (Å²) in [6.07, 6.45) is 8.21. The maximum absolute atomic E-state index is 4.52. The van der Waals surface area contributed by atoms with Gasteiger partial charge in [0.05, 0.1) is 36.9 Å². The number of nitrogens with zero attached hydrogens (tertiary/aromatic N) is 4. The molecule has 0 saturated carbocycles. The van der Waals surface area contributed by atoms with Crippen LogP contribution in [0.4, 0.5) is 0 Å². The van der Waals surface area contributed by atoms with E-state index in [2.05, 4.69) is 80.2 Å². The van der Waals surface area contributed by atoms with E-state index in [1.54, 1.807) is 0 Å². The fourth-order valence-corrected chi connectivity index (χ4v) is 3.56. The lowest BCUT2D eigenvalue weighted by atomic mass is 10.2. The van der Waals surface area contributed by atoms with Crippen molar-refractivity contribution in [3.05, 3.63) is 96.9 Å². The molecule has 2 aromatic carbocycles. The summed E-state index contributed by atoms with van der Waals surface area (Å²) < 4.78 is 0.